The number of nitrogen functional groups attached to an aromatic ring is 1. The van der Waals surface area contributed by atoms with E-state index in [1.165, 1.54) is 4.90 Å². The SMILES string of the molecule is CC(C)(C)N(CCn1c(CON2C(=O)c3ccccc3C2=O)nc2c(N)nc3ccccc3c21)C(=O)O. The minimum absolute atomic E-state index is 0.154. The predicted octanol–water partition coefficient (Wildman–Crippen LogP) is 3.67. The maximum Gasteiger partial charge on any atom is 0.407 e. The average molecular weight is 503 g/mol. The summed E-state index contributed by atoms with van der Waals surface area (Å²) in [5.41, 5.74) is 7.90. The number of amides is 3. The zero-order chi connectivity index (χ0) is 26.5. The monoisotopic (exact) mass is 502 g/mol. The van der Waals surface area contributed by atoms with Gasteiger partial charge in [0.25, 0.3) is 11.8 Å². The van der Waals surface area contributed by atoms with Gasteiger partial charge in [-0.1, -0.05) is 30.3 Å². The van der Waals surface area contributed by atoms with Gasteiger partial charge in [-0.15, -0.1) is 5.06 Å². The third-order valence-electron chi connectivity index (χ3n) is 6.36. The number of hydroxylamine groups is 2. The number of carbonyl (C=O) groups excluding carboxylic acids is 2. The first-order valence-electron chi connectivity index (χ1n) is 11.7. The minimum atomic E-state index is -1.05. The molecule has 0 saturated heterocycles. The van der Waals surface area contributed by atoms with E-state index in [-0.39, 0.29) is 36.6 Å². The number of pyridine rings is 1. The van der Waals surface area contributed by atoms with Gasteiger partial charge in [0.2, 0.25) is 0 Å². The number of aromatic nitrogens is 3. The number of carbonyl (C=O) groups is 3. The van der Waals surface area contributed by atoms with Gasteiger partial charge >= 0.3 is 6.09 Å². The van der Waals surface area contributed by atoms with Crippen molar-refractivity contribution in [1.82, 2.24) is 24.5 Å². The van der Waals surface area contributed by atoms with Gasteiger partial charge in [0.05, 0.1) is 22.2 Å². The fourth-order valence-corrected chi connectivity index (χ4v) is 4.58. The number of nitrogens with zero attached hydrogens (tertiary/aromatic N) is 5. The van der Waals surface area contributed by atoms with E-state index in [4.69, 9.17) is 10.6 Å². The highest BCUT2D eigenvalue weighted by Crippen LogP contribution is 2.30. The Hall–Kier alpha value is -4.51. The second-order valence-corrected chi connectivity index (χ2v) is 9.72. The lowest BCUT2D eigenvalue weighted by atomic mass is 10.1. The first-order chi connectivity index (χ1) is 17.6. The molecule has 0 bridgehead atoms. The van der Waals surface area contributed by atoms with Crippen molar-refractivity contribution in [1.29, 1.82) is 0 Å². The van der Waals surface area contributed by atoms with E-state index < -0.39 is 23.4 Å². The lowest BCUT2D eigenvalue weighted by Gasteiger charge is -2.33. The predicted molar refractivity (Wildman–Crippen MR) is 136 cm³/mol. The van der Waals surface area contributed by atoms with Gasteiger partial charge in [-0.3, -0.25) is 14.4 Å². The molecule has 0 unspecified atom stereocenters. The topological polar surface area (TPSA) is 144 Å². The van der Waals surface area contributed by atoms with E-state index in [0.29, 0.717) is 22.4 Å². The zero-order valence-corrected chi connectivity index (χ0v) is 20.6. The molecule has 0 radical (unpaired) electrons. The number of benzene rings is 2. The molecule has 37 heavy (non-hydrogen) atoms. The van der Waals surface area contributed by atoms with E-state index in [2.05, 4.69) is 9.97 Å². The minimum Gasteiger partial charge on any atom is -0.465 e. The first-order valence-corrected chi connectivity index (χ1v) is 11.7. The molecule has 1 aliphatic heterocycles. The maximum absolute atomic E-state index is 12.8. The summed E-state index contributed by atoms with van der Waals surface area (Å²) in [6.07, 6.45) is -1.05. The Labute approximate surface area is 212 Å². The number of anilines is 1. The molecule has 0 atom stereocenters. The van der Waals surface area contributed by atoms with Crippen molar-refractivity contribution < 1.29 is 24.3 Å². The third-order valence-corrected chi connectivity index (χ3v) is 6.36. The third kappa shape index (κ3) is 4.12. The Balaban J connectivity index is 1.55. The number of rotatable bonds is 6. The van der Waals surface area contributed by atoms with Crippen molar-refractivity contribution in [3.63, 3.8) is 0 Å². The molecule has 11 nitrogen and oxygen atoms in total. The Morgan fingerprint density at radius 1 is 1.03 bits per heavy atom. The highest BCUT2D eigenvalue weighted by atomic mass is 16.7. The summed E-state index contributed by atoms with van der Waals surface area (Å²) < 4.78 is 1.82. The molecule has 1 aliphatic rings. The highest BCUT2D eigenvalue weighted by molar-refractivity contribution is 6.20. The Bertz CT molecular complexity index is 1540. The molecule has 190 valence electrons. The van der Waals surface area contributed by atoms with E-state index in [0.717, 1.165) is 10.4 Å². The molecule has 0 fully saturated rings. The number of para-hydroxylation sites is 1. The summed E-state index contributed by atoms with van der Waals surface area (Å²) in [6.45, 7) is 5.61. The van der Waals surface area contributed by atoms with Crippen LogP contribution in [0, 0.1) is 0 Å². The molecule has 0 aliphatic carbocycles. The molecule has 2 aromatic carbocycles. The number of hydrogen-bond donors (Lipinski definition) is 2. The molecule has 5 rings (SSSR count). The van der Waals surface area contributed by atoms with E-state index in [9.17, 15) is 19.5 Å². The van der Waals surface area contributed by atoms with Crippen molar-refractivity contribution in [3.05, 3.63) is 65.5 Å². The van der Waals surface area contributed by atoms with Crippen molar-refractivity contribution in [3.8, 4) is 0 Å². The lowest BCUT2D eigenvalue weighted by molar-refractivity contribution is -0.103. The Morgan fingerprint density at radius 2 is 1.65 bits per heavy atom. The van der Waals surface area contributed by atoms with Gasteiger partial charge in [-0.2, -0.15) is 0 Å². The van der Waals surface area contributed by atoms with Crippen molar-refractivity contribution in [2.75, 3.05) is 12.3 Å². The zero-order valence-electron chi connectivity index (χ0n) is 20.6. The largest absolute Gasteiger partial charge is 0.465 e. The molecule has 0 spiro atoms. The van der Waals surface area contributed by atoms with Crippen LogP contribution >= 0.6 is 0 Å². The molecule has 11 heteroatoms. The molecular formula is C26H26N6O5. The number of carboxylic acid groups (broad SMARTS) is 1. The normalized spacial score (nSPS) is 13.5. The summed E-state index contributed by atoms with van der Waals surface area (Å²) in [5.74, 6) is -0.532. The molecule has 2 aromatic heterocycles. The maximum atomic E-state index is 12.8. The van der Waals surface area contributed by atoms with Gasteiger partial charge in [0.1, 0.15) is 17.9 Å². The number of imidazole rings is 1. The van der Waals surface area contributed by atoms with E-state index in [1.54, 1.807) is 24.3 Å². The summed E-state index contributed by atoms with van der Waals surface area (Å²) in [5, 5.41) is 11.3. The van der Waals surface area contributed by atoms with Crippen molar-refractivity contribution in [2.45, 2.75) is 39.5 Å². The van der Waals surface area contributed by atoms with Gasteiger partial charge < -0.3 is 20.3 Å². The van der Waals surface area contributed by atoms with Crippen LogP contribution in [-0.2, 0) is 18.0 Å². The molecule has 4 aromatic rings. The number of imide groups is 1. The Morgan fingerprint density at radius 3 is 2.27 bits per heavy atom. The summed E-state index contributed by atoms with van der Waals surface area (Å²) in [4.78, 5) is 53.6. The van der Waals surface area contributed by atoms with Crippen LogP contribution in [0.2, 0.25) is 0 Å². The van der Waals surface area contributed by atoms with Crippen LogP contribution < -0.4 is 5.73 Å². The second-order valence-electron chi connectivity index (χ2n) is 9.72. The molecule has 3 amide bonds. The smallest absolute Gasteiger partial charge is 0.407 e. The Kier molecular flexibility index (Phi) is 5.79. The molecule has 0 saturated carbocycles. The first kappa shape index (κ1) is 24.2. The quantitative estimate of drug-likeness (QED) is 0.380. The number of fused-ring (bicyclic) bond motifs is 4. The van der Waals surface area contributed by atoms with Crippen LogP contribution in [0.4, 0.5) is 10.6 Å². The fraction of sp³-hybridized carbons (Fsp3) is 0.269. The van der Waals surface area contributed by atoms with Gasteiger partial charge in [0.15, 0.2) is 5.82 Å². The van der Waals surface area contributed by atoms with Crippen LogP contribution in [0.1, 0.15) is 47.3 Å². The summed E-state index contributed by atoms with van der Waals surface area (Å²) in [6, 6.07) is 13.9. The molecule has 3 heterocycles. The second kappa shape index (κ2) is 8.86. The van der Waals surface area contributed by atoms with Gasteiger partial charge in [-0.05, 0) is 39.0 Å². The summed E-state index contributed by atoms with van der Waals surface area (Å²) >= 11 is 0. The molecular weight excluding hydrogens is 476 g/mol. The number of hydrogen-bond acceptors (Lipinski definition) is 7. The van der Waals surface area contributed by atoms with E-state index in [1.807, 2.05) is 49.6 Å². The van der Waals surface area contributed by atoms with Gasteiger partial charge in [-0.25, -0.2) is 14.8 Å². The van der Waals surface area contributed by atoms with Gasteiger partial charge in [0, 0.05) is 24.0 Å². The van der Waals surface area contributed by atoms with Crippen LogP contribution in [0.25, 0.3) is 21.9 Å². The number of nitrogens with two attached hydrogens (primary N) is 1. The fourth-order valence-electron chi connectivity index (χ4n) is 4.58. The van der Waals surface area contributed by atoms with E-state index >= 15 is 0 Å². The highest BCUT2D eigenvalue weighted by Gasteiger charge is 2.37. The van der Waals surface area contributed by atoms with Crippen LogP contribution in [0.5, 0.6) is 0 Å². The average Bonchev–Trinajstić information content (AvgIpc) is 3.33. The van der Waals surface area contributed by atoms with Crippen molar-refractivity contribution in [2.24, 2.45) is 0 Å². The van der Waals surface area contributed by atoms with Crippen LogP contribution in [-0.4, -0.2) is 59.6 Å². The van der Waals surface area contributed by atoms with Crippen LogP contribution in [0.3, 0.4) is 0 Å². The van der Waals surface area contributed by atoms with Crippen LogP contribution in [0.15, 0.2) is 48.5 Å². The van der Waals surface area contributed by atoms with Crippen molar-refractivity contribution >= 4 is 45.7 Å². The standard InChI is InChI=1S/C26H26N6O5/c1-26(2,3)31(25(35)36)13-12-30-19(14-37-32-23(33)15-8-4-5-9-16(15)24(32)34)29-20-21(30)17-10-6-7-11-18(17)28-22(20)27/h4-11H,12-14H2,1-3H3,(H2,27,28)(H,35,36). The lowest BCUT2D eigenvalue weighted by Crippen LogP contribution is -2.46. The summed E-state index contributed by atoms with van der Waals surface area (Å²) in [7, 11) is 0. The molecule has 3 N–H and O–H groups in total.